The van der Waals surface area contributed by atoms with Gasteiger partial charge in [-0.05, 0) is 34.5 Å². The van der Waals surface area contributed by atoms with Gasteiger partial charge in [0.2, 0.25) is 0 Å². The molecule has 140 valence electrons. The molecule has 26 heavy (non-hydrogen) atoms. The third-order valence-electron chi connectivity index (χ3n) is 4.24. The Morgan fingerprint density at radius 1 is 1.15 bits per heavy atom. The van der Waals surface area contributed by atoms with Crippen LogP contribution in [0.4, 0.5) is 13.2 Å². The number of halogens is 3. The summed E-state index contributed by atoms with van der Waals surface area (Å²) in [7, 11) is 0. The van der Waals surface area contributed by atoms with Gasteiger partial charge in [-0.3, -0.25) is 0 Å². The molecule has 0 spiro atoms. The van der Waals surface area contributed by atoms with E-state index < -0.39 is 11.6 Å². The van der Waals surface area contributed by atoms with E-state index in [1.807, 2.05) is 18.2 Å². The largest absolute Gasteiger partial charge is 0.446 e. The monoisotopic (exact) mass is 383 g/mol. The Kier molecular flexibility index (Phi) is 6.24. The van der Waals surface area contributed by atoms with E-state index in [0.717, 1.165) is 12.1 Å². The lowest BCUT2D eigenvalue weighted by Crippen LogP contribution is -2.34. The van der Waals surface area contributed by atoms with Crippen LogP contribution in [0.15, 0.2) is 53.4 Å². The SMILES string of the molecule is OC(Cc1ccccc1SC(F)(F)F)c1ccccc1C1CNCCO1. The van der Waals surface area contributed by atoms with Crippen LogP contribution in [-0.4, -0.2) is 30.3 Å². The van der Waals surface area contributed by atoms with Crippen LogP contribution in [0.1, 0.15) is 28.9 Å². The molecular weight excluding hydrogens is 363 g/mol. The van der Waals surface area contributed by atoms with Crippen molar-refractivity contribution in [2.45, 2.75) is 29.0 Å². The highest BCUT2D eigenvalue weighted by molar-refractivity contribution is 8.00. The first-order chi connectivity index (χ1) is 12.4. The molecular formula is C19H20F3NO2S. The molecule has 2 unspecified atom stereocenters. The molecule has 1 heterocycles. The van der Waals surface area contributed by atoms with E-state index in [1.165, 1.54) is 6.07 Å². The molecule has 2 aromatic rings. The average molecular weight is 383 g/mol. The lowest BCUT2D eigenvalue weighted by atomic mass is 9.94. The van der Waals surface area contributed by atoms with Crippen molar-refractivity contribution in [3.05, 3.63) is 65.2 Å². The van der Waals surface area contributed by atoms with Crippen molar-refractivity contribution in [3.8, 4) is 0 Å². The van der Waals surface area contributed by atoms with E-state index in [-0.39, 0.29) is 29.2 Å². The van der Waals surface area contributed by atoms with Gasteiger partial charge in [-0.2, -0.15) is 13.2 Å². The zero-order chi connectivity index (χ0) is 18.6. The summed E-state index contributed by atoms with van der Waals surface area (Å²) in [6.45, 7) is 2.01. The molecule has 3 nitrogen and oxygen atoms in total. The maximum Gasteiger partial charge on any atom is 0.446 e. The molecule has 1 fully saturated rings. The molecule has 2 atom stereocenters. The topological polar surface area (TPSA) is 41.5 Å². The Balaban J connectivity index is 1.82. The minimum Gasteiger partial charge on any atom is -0.388 e. The fourth-order valence-electron chi connectivity index (χ4n) is 3.09. The second-order valence-electron chi connectivity index (χ2n) is 6.07. The number of nitrogens with one attached hydrogen (secondary N) is 1. The Labute approximate surface area is 154 Å². The zero-order valence-corrected chi connectivity index (χ0v) is 14.8. The summed E-state index contributed by atoms with van der Waals surface area (Å²) in [5, 5.41) is 14.0. The number of thioether (sulfide) groups is 1. The average Bonchev–Trinajstić information content (AvgIpc) is 2.63. The number of aliphatic hydroxyl groups is 1. The lowest BCUT2D eigenvalue weighted by Gasteiger charge is -2.27. The van der Waals surface area contributed by atoms with E-state index in [1.54, 1.807) is 24.3 Å². The molecule has 2 N–H and O–H groups in total. The minimum atomic E-state index is -4.36. The van der Waals surface area contributed by atoms with Gasteiger partial charge in [0.1, 0.15) is 0 Å². The van der Waals surface area contributed by atoms with E-state index in [0.29, 0.717) is 24.3 Å². The number of rotatable bonds is 5. The molecule has 0 aromatic heterocycles. The number of hydrogen-bond acceptors (Lipinski definition) is 4. The van der Waals surface area contributed by atoms with Crippen molar-refractivity contribution < 1.29 is 23.0 Å². The highest BCUT2D eigenvalue weighted by atomic mass is 32.2. The first-order valence-electron chi connectivity index (χ1n) is 8.37. The van der Waals surface area contributed by atoms with Gasteiger partial charge in [0.15, 0.2) is 0 Å². The van der Waals surface area contributed by atoms with Crippen LogP contribution in [0.2, 0.25) is 0 Å². The summed E-state index contributed by atoms with van der Waals surface area (Å²) in [5.74, 6) is 0. The zero-order valence-electron chi connectivity index (χ0n) is 14.0. The van der Waals surface area contributed by atoms with Crippen LogP contribution in [0, 0.1) is 0 Å². The van der Waals surface area contributed by atoms with Crippen molar-refractivity contribution in [2.75, 3.05) is 19.7 Å². The molecule has 0 saturated carbocycles. The maximum absolute atomic E-state index is 12.8. The maximum atomic E-state index is 12.8. The van der Waals surface area contributed by atoms with Crippen LogP contribution in [0.3, 0.4) is 0 Å². The number of morpholine rings is 1. The van der Waals surface area contributed by atoms with Crippen molar-refractivity contribution in [1.29, 1.82) is 0 Å². The van der Waals surface area contributed by atoms with Crippen LogP contribution >= 0.6 is 11.8 Å². The molecule has 7 heteroatoms. The van der Waals surface area contributed by atoms with Crippen LogP contribution in [0.5, 0.6) is 0 Å². The quantitative estimate of drug-likeness (QED) is 0.758. The normalized spacial score (nSPS) is 19.3. The second kappa shape index (κ2) is 8.43. The van der Waals surface area contributed by atoms with Gasteiger partial charge in [-0.1, -0.05) is 42.5 Å². The summed E-state index contributed by atoms with van der Waals surface area (Å²) in [6.07, 6.45) is -0.975. The smallest absolute Gasteiger partial charge is 0.388 e. The third-order valence-corrected chi connectivity index (χ3v) is 5.09. The highest BCUT2D eigenvalue weighted by Crippen LogP contribution is 2.39. The van der Waals surface area contributed by atoms with E-state index in [2.05, 4.69) is 5.32 Å². The molecule has 0 bridgehead atoms. The fourth-order valence-corrected chi connectivity index (χ4v) is 3.77. The van der Waals surface area contributed by atoms with Crippen molar-refractivity contribution in [2.24, 2.45) is 0 Å². The Morgan fingerprint density at radius 3 is 2.62 bits per heavy atom. The molecule has 1 saturated heterocycles. The first kappa shape index (κ1) is 19.2. The van der Waals surface area contributed by atoms with Gasteiger partial charge in [-0.15, -0.1) is 0 Å². The van der Waals surface area contributed by atoms with Crippen LogP contribution in [0.25, 0.3) is 0 Å². The van der Waals surface area contributed by atoms with E-state index in [4.69, 9.17) is 4.74 Å². The predicted molar refractivity (Wildman–Crippen MR) is 95.0 cm³/mol. The fraction of sp³-hybridized carbons (Fsp3) is 0.368. The molecule has 0 aliphatic carbocycles. The third kappa shape index (κ3) is 5.01. The summed E-state index contributed by atoms with van der Waals surface area (Å²) in [4.78, 5) is 0.118. The molecule has 1 aliphatic rings. The number of hydrogen-bond donors (Lipinski definition) is 2. The van der Waals surface area contributed by atoms with Crippen LogP contribution < -0.4 is 5.32 Å². The van der Waals surface area contributed by atoms with Crippen molar-refractivity contribution in [1.82, 2.24) is 5.32 Å². The number of benzene rings is 2. The molecule has 2 aromatic carbocycles. The minimum absolute atomic E-state index is 0.108. The summed E-state index contributed by atoms with van der Waals surface area (Å²) < 4.78 is 44.1. The first-order valence-corrected chi connectivity index (χ1v) is 9.18. The van der Waals surface area contributed by atoms with E-state index >= 15 is 0 Å². The van der Waals surface area contributed by atoms with Crippen molar-refractivity contribution >= 4 is 11.8 Å². The molecule has 1 aliphatic heterocycles. The van der Waals surface area contributed by atoms with E-state index in [9.17, 15) is 18.3 Å². The van der Waals surface area contributed by atoms with Gasteiger partial charge < -0.3 is 15.2 Å². The summed E-state index contributed by atoms with van der Waals surface area (Å²) >= 11 is -0.149. The van der Waals surface area contributed by atoms with Crippen LogP contribution in [-0.2, 0) is 11.2 Å². The summed E-state index contributed by atoms with van der Waals surface area (Å²) in [5.41, 5.74) is -2.33. The van der Waals surface area contributed by atoms with Gasteiger partial charge in [-0.25, -0.2) is 0 Å². The Hall–Kier alpha value is -1.54. The van der Waals surface area contributed by atoms with Gasteiger partial charge in [0.05, 0.1) is 18.8 Å². The molecule has 3 rings (SSSR count). The number of ether oxygens (including phenoxy) is 1. The molecule has 0 radical (unpaired) electrons. The Morgan fingerprint density at radius 2 is 1.88 bits per heavy atom. The van der Waals surface area contributed by atoms with Gasteiger partial charge >= 0.3 is 5.51 Å². The number of alkyl halides is 3. The Bertz CT molecular complexity index is 733. The summed E-state index contributed by atoms with van der Waals surface area (Å²) in [6, 6.07) is 13.7. The predicted octanol–water partition coefficient (Wildman–Crippen LogP) is 4.24. The van der Waals surface area contributed by atoms with Gasteiger partial charge in [0, 0.05) is 24.4 Å². The highest BCUT2D eigenvalue weighted by Gasteiger charge is 2.31. The van der Waals surface area contributed by atoms with Gasteiger partial charge in [0.25, 0.3) is 0 Å². The lowest BCUT2D eigenvalue weighted by molar-refractivity contribution is -0.0328. The standard InChI is InChI=1S/C19H20F3NO2S/c20-19(21,22)26-18-8-4-1-5-13(18)11-16(24)14-6-2-3-7-15(14)17-12-23-9-10-25-17/h1-8,16-17,23-24H,9-12H2. The second-order valence-corrected chi connectivity index (χ2v) is 7.17. The van der Waals surface area contributed by atoms with Crippen molar-refractivity contribution in [3.63, 3.8) is 0 Å². The molecule has 0 amide bonds. The number of aliphatic hydroxyl groups excluding tert-OH is 1.